The summed E-state index contributed by atoms with van der Waals surface area (Å²) in [5, 5.41) is 0.780. The Morgan fingerprint density at radius 2 is 1.94 bits per heavy atom. The van der Waals surface area contributed by atoms with Crippen molar-refractivity contribution in [1.82, 2.24) is 28.9 Å². The Balaban J connectivity index is 1.26. The molecule has 0 spiro atoms. The lowest BCUT2D eigenvalue weighted by atomic mass is 10.1. The van der Waals surface area contributed by atoms with Crippen molar-refractivity contribution in [1.29, 1.82) is 0 Å². The Morgan fingerprint density at radius 1 is 1.00 bits per heavy atom. The number of aromatic nitrogens is 6. The highest BCUT2D eigenvalue weighted by Gasteiger charge is 2.43. The van der Waals surface area contributed by atoms with Crippen LogP contribution < -0.4 is 0 Å². The van der Waals surface area contributed by atoms with E-state index in [1.165, 1.54) is 24.0 Å². The van der Waals surface area contributed by atoms with Crippen LogP contribution in [0.1, 0.15) is 59.7 Å². The quantitative estimate of drug-likeness (QED) is 0.371. The van der Waals surface area contributed by atoms with E-state index in [-0.39, 0.29) is 0 Å². The van der Waals surface area contributed by atoms with Crippen LogP contribution in [0.15, 0.2) is 61.3 Å². The fraction of sp³-hybridized carbons (Fsp3) is 0.280. The van der Waals surface area contributed by atoms with Crippen molar-refractivity contribution in [3.63, 3.8) is 0 Å². The Bertz CT molecular complexity index is 1480. The van der Waals surface area contributed by atoms with Gasteiger partial charge in [-0.15, -0.1) is 0 Å². The monoisotopic (exact) mass is 440 g/mol. The van der Waals surface area contributed by atoms with Crippen molar-refractivity contribution >= 4 is 28.4 Å². The second-order valence-corrected chi connectivity index (χ2v) is 9.46. The molecule has 0 N–H and O–H groups in total. The second-order valence-electron chi connectivity index (χ2n) is 9.03. The molecule has 4 aromatic heterocycles. The third kappa shape index (κ3) is 3.09. The molecule has 0 bridgehead atoms. The fourth-order valence-corrected chi connectivity index (χ4v) is 5.08. The summed E-state index contributed by atoms with van der Waals surface area (Å²) in [7, 11) is 0. The molecule has 2 aliphatic carbocycles. The predicted molar refractivity (Wildman–Crippen MR) is 123 cm³/mol. The minimum atomic E-state index is 0.348. The van der Waals surface area contributed by atoms with Crippen LogP contribution in [0.2, 0.25) is 5.02 Å². The zero-order valence-electron chi connectivity index (χ0n) is 17.4. The van der Waals surface area contributed by atoms with Gasteiger partial charge in [-0.05, 0) is 60.4 Å². The summed E-state index contributed by atoms with van der Waals surface area (Å²) in [5.74, 6) is 2.56. The van der Waals surface area contributed by atoms with Crippen LogP contribution in [-0.4, -0.2) is 28.9 Å². The first-order chi connectivity index (χ1) is 15.7. The van der Waals surface area contributed by atoms with Gasteiger partial charge in [-0.1, -0.05) is 29.8 Å². The predicted octanol–water partition coefficient (Wildman–Crippen LogP) is 5.32. The van der Waals surface area contributed by atoms with Gasteiger partial charge in [0.05, 0.1) is 18.4 Å². The maximum atomic E-state index is 6.24. The largest absolute Gasteiger partial charge is 0.319 e. The highest BCUT2D eigenvalue weighted by molar-refractivity contribution is 6.30. The minimum absolute atomic E-state index is 0.348. The number of benzene rings is 1. The molecule has 4 heterocycles. The van der Waals surface area contributed by atoms with Gasteiger partial charge < -0.3 is 8.97 Å². The van der Waals surface area contributed by atoms with Gasteiger partial charge in [0.15, 0.2) is 5.65 Å². The lowest BCUT2D eigenvalue weighted by molar-refractivity contribution is 0.727. The number of nitrogens with zero attached hydrogens (tertiary/aromatic N) is 6. The molecule has 6 nitrogen and oxygen atoms in total. The van der Waals surface area contributed by atoms with E-state index >= 15 is 0 Å². The van der Waals surface area contributed by atoms with Crippen LogP contribution in [0.25, 0.3) is 16.8 Å². The summed E-state index contributed by atoms with van der Waals surface area (Å²) in [5.41, 5.74) is 6.37. The third-order valence-electron chi connectivity index (χ3n) is 6.75. The summed E-state index contributed by atoms with van der Waals surface area (Å²) in [6.45, 7) is 0.651. The Kier molecular flexibility index (Phi) is 3.94. The number of halogens is 1. The maximum absolute atomic E-state index is 6.24. The number of rotatable bonds is 5. The fourth-order valence-electron chi connectivity index (χ4n) is 4.88. The van der Waals surface area contributed by atoms with Crippen LogP contribution in [0.4, 0.5) is 0 Å². The summed E-state index contributed by atoms with van der Waals surface area (Å²) < 4.78 is 4.40. The smallest absolute Gasteiger partial charge is 0.181 e. The van der Waals surface area contributed by atoms with Gasteiger partial charge in [-0.25, -0.2) is 19.9 Å². The molecule has 158 valence electrons. The van der Waals surface area contributed by atoms with Crippen LogP contribution in [0, 0.1) is 0 Å². The van der Waals surface area contributed by atoms with Crippen molar-refractivity contribution in [2.24, 2.45) is 0 Å². The number of hydrogen-bond acceptors (Lipinski definition) is 4. The first kappa shape index (κ1) is 18.3. The average Bonchev–Trinajstić information content (AvgIpc) is 3.73. The van der Waals surface area contributed by atoms with Crippen molar-refractivity contribution in [2.75, 3.05) is 0 Å². The summed E-state index contributed by atoms with van der Waals surface area (Å²) in [6, 6.07) is 12.5. The number of imidazole rings is 2. The topological polar surface area (TPSA) is 60.9 Å². The van der Waals surface area contributed by atoms with E-state index in [9.17, 15) is 0 Å². The molecular formula is C25H21ClN6. The Labute approximate surface area is 189 Å². The first-order valence-corrected chi connectivity index (χ1v) is 11.5. The lowest BCUT2D eigenvalue weighted by Gasteiger charge is -2.07. The molecule has 7 heteroatoms. The second kappa shape index (κ2) is 6.87. The van der Waals surface area contributed by atoms with Crippen LogP contribution >= 0.6 is 11.6 Å². The molecule has 0 saturated heterocycles. The van der Waals surface area contributed by atoms with E-state index in [1.807, 2.05) is 18.3 Å². The molecule has 0 radical (unpaired) electrons. The van der Waals surface area contributed by atoms with Crippen LogP contribution in [-0.2, 0) is 6.54 Å². The zero-order valence-corrected chi connectivity index (χ0v) is 18.2. The third-order valence-corrected chi connectivity index (χ3v) is 6.99. The first-order valence-electron chi connectivity index (χ1n) is 11.1. The molecule has 2 atom stereocenters. The van der Waals surface area contributed by atoms with Gasteiger partial charge >= 0.3 is 0 Å². The number of pyridine rings is 1. The number of fused-ring (bicyclic) bond motifs is 2. The average molecular weight is 441 g/mol. The molecule has 0 aliphatic heterocycles. The van der Waals surface area contributed by atoms with Crippen molar-refractivity contribution in [3.05, 3.63) is 89.0 Å². The molecule has 1 aromatic carbocycles. The zero-order chi connectivity index (χ0) is 21.2. The summed E-state index contributed by atoms with van der Waals surface area (Å²) >= 11 is 6.24. The van der Waals surface area contributed by atoms with Gasteiger partial charge in [0, 0.05) is 23.3 Å². The van der Waals surface area contributed by atoms with Crippen LogP contribution in [0.5, 0.6) is 0 Å². The van der Waals surface area contributed by atoms with Gasteiger partial charge in [0.1, 0.15) is 23.3 Å². The highest BCUT2D eigenvalue weighted by atomic mass is 35.5. The van der Waals surface area contributed by atoms with Gasteiger partial charge in [-0.2, -0.15) is 0 Å². The van der Waals surface area contributed by atoms with E-state index in [4.69, 9.17) is 21.6 Å². The van der Waals surface area contributed by atoms with Crippen molar-refractivity contribution < 1.29 is 0 Å². The lowest BCUT2D eigenvalue weighted by Crippen LogP contribution is -2.05. The SMILES string of the molecule is Clc1cccc([C@H]2C[C@@H]2c2nc3ncncc3n2Cc2cn3cc(C4CC4)ccc3n2)c1. The van der Waals surface area contributed by atoms with Crippen molar-refractivity contribution in [3.8, 4) is 0 Å². The molecule has 2 aliphatic rings. The standard InChI is InChI=1S/C25H21ClN6/c26-18-3-1-2-16(8-18)20-9-21(20)25-30-24-22(10-27-14-28-24)32(25)13-19-12-31-11-17(15-4-5-15)6-7-23(31)29-19/h1-3,6-8,10-12,14-15,20-21H,4-5,9,13H2/t20-,21+/m1/s1. The molecule has 32 heavy (non-hydrogen) atoms. The van der Waals surface area contributed by atoms with E-state index in [0.29, 0.717) is 18.4 Å². The molecule has 7 rings (SSSR count). The van der Waals surface area contributed by atoms with E-state index in [0.717, 1.165) is 45.7 Å². The highest BCUT2D eigenvalue weighted by Crippen LogP contribution is 2.54. The van der Waals surface area contributed by atoms with E-state index < -0.39 is 0 Å². The number of hydrogen-bond donors (Lipinski definition) is 0. The van der Waals surface area contributed by atoms with Gasteiger partial charge in [0.2, 0.25) is 0 Å². The normalized spacial score (nSPS) is 20.3. The molecule has 0 amide bonds. The molecule has 2 saturated carbocycles. The molecule has 5 aromatic rings. The summed E-state index contributed by atoms with van der Waals surface area (Å²) in [6.07, 6.45) is 11.5. The van der Waals surface area contributed by atoms with Crippen LogP contribution in [0.3, 0.4) is 0 Å². The van der Waals surface area contributed by atoms with Gasteiger partial charge in [0.25, 0.3) is 0 Å². The van der Waals surface area contributed by atoms with E-state index in [2.05, 4.69) is 55.6 Å². The van der Waals surface area contributed by atoms with Crippen molar-refractivity contribution in [2.45, 2.75) is 43.6 Å². The Morgan fingerprint density at radius 3 is 2.81 bits per heavy atom. The minimum Gasteiger partial charge on any atom is -0.319 e. The van der Waals surface area contributed by atoms with E-state index in [1.54, 1.807) is 6.33 Å². The maximum Gasteiger partial charge on any atom is 0.181 e. The Hall–Kier alpha value is -3.25. The molecule has 2 fully saturated rings. The summed E-state index contributed by atoms with van der Waals surface area (Å²) in [4.78, 5) is 18.5. The van der Waals surface area contributed by atoms with Gasteiger partial charge in [-0.3, -0.25) is 0 Å². The molecule has 0 unspecified atom stereocenters. The molecular weight excluding hydrogens is 420 g/mol.